The van der Waals surface area contributed by atoms with Crippen molar-refractivity contribution in [1.82, 2.24) is 0 Å². The molecule has 0 saturated heterocycles. The van der Waals surface area contributed by atoms with Crippen LogP contribution in [0, 0.1) is 0 Å². The van der Waals surface area contributed by atoms with Crippen molar-refractivity contribution >= 4 is 11.4 Å². The maximum atomic E-state index is 3.60. The first-order chi connectivity index (χ1) is 10.7. The molecule has 2 heteroatoms. The monoisotopic (exact) mass is 304 g/mol. The standard InChI is InChI=1S/C20H36N2/c1-5-7-9-11-17(3)21-19-13-15-20(16-14-19)22-18(4)12-10-8-6-2/h13-18,21-22H,5-12H2,1-4H3. The fraction of sp³-hybridized carbons (Fsp3) is 0.700. The summed E-state index contributed by atoms with van der Waals surface area (Å²) < 4.78 is 0. The molecule has 0 fully saturated rings. The van der Waals surface area contributed by atoms with Crippen LogP contribution in [0.3, 0.4) is 0 Å². The number of anilines is 2. The fourth-order valence-electron chi connectivity index (χ4n) is 2.78. The molecule has 0 amide bonds. The van der Waals surface area contributed by atoms with Crippen LogP contribution in [-0.4, -0.2) is 12.1 Å². The molecule has 126 valence electrons. The molecule has 1 aromatic carbocycles. The molecule has 0 aliphatic carbocycles. The smallest absolute Gasteiger partial charge is 0.0343 e. The summed E-state index contributed by atoms with van der Waals surface area (Å²) in [5.41, 5.74) is 2.46. The van der Waals surface area contributed by atoms with Gasteiger partial charge in [-0.05, 0) is 51.0 Å². The van der Waals surface area contributed by atoms with E-state index in [1.54, 1.807) is 0 Å². The van der Waals surface area contributed by atoms with Crippen LogP contribution in [0.5, 0.6) is 0 Å². The van der Waals surface area contributed by atoms with Crippen LogP contribution in [0.1, 0.15) is 79.1 Å². The zero-order valence-electron chi connectivity index (χ0n) is 15.1. The molecule has 2 atom stereocenters. The van der Waals surface area contributed by atoms with Crippen LogP contribution in [0.2, 0.25) is 0 Å². The number of hydrogen-bond donors (Lipinski definition) is 2. The highest BCUT2D eigenvalue weighted by Gasteiger charge is 2.04. The Balaban J connectivity index is 2.32. The number of hydrogen-bond acceptors (Lipinski definition) is 2. The maximum Gasteiger partial charge on any atom is 0.0343 e. The van der Waals surface area contributed by atoms with Gasteiger partial charge < -0.3 is 10.6 Å². The molecule has 0 bridgehead atoms. The highest BCUT2D eigenvalue weighted by Crippen LogP contribution is 2.17. The molecule has 1 rings (SSSR count). The van der Waals surface area contributed by atoms with E-state index in [0.717, 1.165) is 0 Å². The molecule has 1 aromatic rings. The maximum absolute atomic E-state index is 3.60. The normalized spacial score (nSPS) is 13.6. The lowest BCUT2D eigenvalue weighted by atomic mass is 10.1. The van der Waals surface area contributed by atoms with E-state index in [4.69, 9.17) is 0 Å². The van der Waals surface area contributed by atoms with Crippen molar-refractivity contribution in [3.05, 3.63) is 24.3 Å². The third kappa shape index (κ3) is 8.31. The fourth-order valence-corrected chi connectivity index (χ4v) is 2.78. The van der Waals surface area contributed by atoms with E-state index in [9.17, 15) is 0 Å². The first-order valence-electron chi connectivity index (χ1n) is 9.28. The minimum atomic E-state index is 0.554. The van der Waals surface area contributed by atoms with Crippen molar-refractivity contribution in [2.45, 2.75) is 91.1 Å². The Bertz CT molecular complexity index is 335. The summed E-state index contributed by atoms with van der Waals surface area (Å²) in [5.74, 6) is 0. The van der Waals surface area contributed by atoms with Gasteiger partial charge >= 0.3 is 0 Å². The second-order valence-electron chi connectivity index (χ2n) is 6.66. The lowest BCUT2D eigenvalue weighted by molar-refractivity contribution is 0.614. The topological polar surface area (TPSA) is 24.1 Å². The van der Waals surface area contributed by atoms with Crippen molar-refractivity contribution in [3.63, 3.8) is 0 Å². The molecule has 0 aliphatic rings. The van der Waals surface area contributed by atoms with Crippen molar-refractivity contribution < 1.29 is 0 Å². The molecular weight excluding hydrogens is 268 g/mol. The van der Waals surface area contributed by atoms with Crippen LogP contribution < -0.4 is 10.6 Å². The largest absolute Gasteiger partial charge is 0.383 e. The SMILES string of the molecule is CCCCCC(C)Nc1ccc(NC(C)CCCCC)cc1. The summed E-state index contributed by atoms with van der Waals surface area (Å²) in [6.07, 6.45) is 10.4. The van der Waals surface area contributed by atoms with Gasteiger partial charge in [-0.25, -0.2) is 0 Å². The Morgan fingerprint density at radius 3 is 1.36 bits per heavy atom. The van der Waals surface area contributed by atoms with Gasteiger partial charge in [0.05, 0.1) is 0 Å². The van der Waals surface area contributed by atoms with E-state index in [1.807, 2.05) is 0 Å². The molecule has 2 N–H and O–H groups in total. The van der Waals surface area contributed by atoms with Gasteiger partial charge in [-0.3, -0.25) is 0 Å². The average Bonchev–Trinajstić information content (AvgIpc) is 2.50. The Morgan fingerprint density at radius 2 is 1.05 bits per heavy atom. The molecule has 2 nitrogen and oxygen atoms in total. The van der Waals surface area contributed by atoms with E-state index in [2.05, 4.69) is 62.6 Å². The molecule has 22 heavy (non-hydrogen) atoms. The van der Waals surface area contributed by atoms with E-state index in [-0.39, 0.29) is 0 Å². The number of rotatable bonds is 12. The predicted octanol–water partition coefficient (Wildman–Crippen LogP) is 6.45. The third-order valence-corrected chi connectivity index (χ3v) is 4.19. The summed E-state index contributed by atoms with van der Waals surface area (Å²) in [6.45, 7) is 9.06. The van der Waals surface area contributed by atoms with Crippen LogP contribution in [-0.2, 0) is 0 Å². The predicted molar refractivity (Wildman–Crippen MR) is 101 cm³/mol. The number of nitrogens with one attached hydrogen (secondary N) is 2. The van der Waals surface area contributed by atoms with Gasteiger partial charge in [0.25, 0.3) is 0 Å². The number of benzene rings is 1. The van der Waals surface area contributed by atoms with Gasteiger partial charge in [-0.1, -0.05) is 52.4 Å². The number of unbranched alkanes of at least 4 members (excludes halogenated alkanes) is 4. The van der Waals surface area contributed by atoms with Crippen molar-refractivity contribution in [2.24, 2.45) is 0 Å². The molecule has 0 heterocycles. The molecule has 0 radical (unpaired) electrons. The molecule has 0 spiro atoms. The van der Waals surface area contributed by atoms with Gasteiger partial charge in [0.2, 0.25) is 0 Å². The first kappa shape index (κ1) is 18.9. The van der Waals surface area contributed by atoms with Crippen LogP contribution in [0.4, 0.5) is 11.4 Å². The van der Waals surface area contributed by atoms with Gasteiger partial charge in [-0.15, -0.1) is 0 Å². The average molecular weight is 305 g/mol. The van der Waals surface area contributed by atoms with Crippen molar-refractivity contribution in [2.75, 3.05) is 10.6 Å². The highest BCUT2D eigenvalue weighted by molar-refractivity contribution is 5.54. The van der Waals surface area contributed by atoms with Gasteiger partial charge in [-0.2, -0.15) is 0 Å². The summed E-state index contributed by atoms with van der Waals surface area (Å²) in [6, 6.07) is 9.88. The lowest BCUT2D eigenvalue weighted by Gasteiger charge is -2.17. The Morgan fingerprint density at radius 1 is 0.682 bits per heavy atom. The summed E-state index contributed by atoms with van der Waals surface area (Å²) in [5, 5.41) is 7.19. The zero-order chi connectivity index (χ0) is 16.2. The third-order valence-electron chi connectivity index (χ3n) is 4.19. The Hall–Kier alpha value is -1.18. The van der Waals surface area contributed by atoms with Gasteiger partial charge in [0, 0.05) is 23.5 Å². The minimum Gasteiger partial charge on any atom is -0.383 e. The van der Waals surface area contributed by atoms with Crippen LogP contribution in [0.25, 0.3) is 0 Å². The molecular formula is C20H36N2. The molecule has 2 unspecified atom stereocenters. The van der Waals surface area contributed by atoms with Crippen LogP contribution in [0.15, 0.2) is 24.3 Å². The van der Waals surface area contributed by atoms with E-state index in [1.165, 1.54) is 62.7 Å². The Labute approximate surface area is 138 Å². The first-order valence-corrected chi connectivity index (χ1v) is 9.28. The van der Waals surface area contributed by atoms with Crippen molar-refractivity contribution in [3.8, 4) is 0 Å². The van der Waals surface area contributed by atoms with Gasteiger partial charge in [0.1, 0.15) is 0 Å². The Kier molecular flexibility index (Phi) is 9.77. The molecule has 0 saturated carbocycles. The van der Waals surface area contributed by atoms with E-state index in [0.29, 0.717) is 12.1 Å². The quantitative estimate of drug-likeness (QED) is 0.434. The van der Waals surface area contributed by atoms with E-state index >= 15 is 0 Å². The van der Waals surface area contributed by atoms with Crippen molar-refractivity contribution in [1.29, 1.82) is 0 Å². The second kappa shape index (κ2) is 11.4. The minimum absolute atomic E-state index is 0.554. The summed E-state index contributed by atoms with van der Waals surface area (Å²) in [4.78, 5) is 0. The zero-order valence-corrected chi connectivity index (χ0v) is 15.1. The molecule has 0 aliphatic heterocycles. The van der Waals surface area contributed by atoms with E-state index < -0.39 is 0 Å². The van der Waals surface area contributed by atoms with Gasteiger partial charge in [0.15, 0.2) is 0 Å². The summed E-state index contributed by atoms with van der Waals surface area (Å²) >= 11 is 0. The second-order valence-corrected chi connectivity index (χ2v) is 6.66. The van der Waals surface area contributed by atoms with Crippen LogP contribution >= 0.6 is 0 Å². The highest BCUT2D eigenvalue weighted by atomic mass is 14.9. The lowest BCUT2D eigenvalue weighted by Crippen LogP contribution is -2.16. The molecule has 0 aromatic heterocycles. The summed E-state index contributed by atoms with van der Waals surface area (Å²) in [7, 11) is 0.